The highest BCUT2D eigenvalue weighted by molar-refractivity contribution is 6.05. The summed E-state index contributed by atoms with van der Waals surface area (Å²) in [4.78, 5) is 25.8. The molecule has 3 heteroatoms. The van der Waals surface area contributed by atoms with Crippen molar-refractivity contribution in [2.24, 2.45) is 5.41 Å². The van der Waals surface area contributed by atoms with Gasteiger partial charge in [0.25, 0.3) is 0 Å². The second-order valence-electron chi connectivity index (χ2n) is 6.86. The third kappa shape index (κ3) is 3.23. The van der Waals surface area contributed by atoms with Crippen molar-refractivity contribution in [3.05, 3.63) is 71.8 Å². The van der Waals surface area contributed by atoms with Crippen molar-refractivity contribution >= 4 is 11.8 Å². The summed E-state index contributed by atoms with van der Waals surface area (Å²) in [5.74, 6) is -0.485. The minimum absolute atomic E-state index is 0.0279. The maximum Gasteiger partial charge on any atom is 0.319 e. The van der Waals surface area contributed by atoms with Crippen LogP contribution < -0.4 is 0 Å². The van der Waals surface area contributed by atoms with Crippen LogP contribution in [0.15, 0.2) is 60.7 Å². The van der Waals surface area contributed by atoms with Gasteiger partial charge in [0.05, 0.1) is 6.61 Å². The van der Waals surface area contributed by atoms with Gasteiger partial charge in [-0.05, 0) is 37.3 Å². The number of Topliss-reactive ketones (excluding diaryl/α,β-unsaturated/α-hetero) is 1. The number of hydrogen-bond donors (Lipinski definition) is 0. The molecule has 3 rings (SSSR count). The normalized spacial score (nSPS) is 26.2. The van der Waals surface area contributed by atoms with E-state index in [1.165, 1.54) is 0 Å². The van der Waals surface area contributed by atoms with Gasteiger partial charge in [0.2, 0.25) is 0 Å². The smallest absolute Gasteiger partial charge is 0.319 e. The fourth-order valence-electron chi connectivity index (χ4n) is 3.90. The second kappa shape index (κ2) is 7.22. The quantitative estimate of drug-likeness (QED) is 0.610. The van der Waals surface area contributed by atoms with Crippen molar-refractivity contribution < 1.29 is 14.3 Å². The largest absolute Gasteiger partial charge is 0.465 e. The van der Waals surface area contributed by atoms with Gasteiger partial charge >= 0.3 is 5.97 Å². The third-order valence-corrected chi connectivity index (χ3v) is 5.40. The Balaban J connectivity index is 2.02. The minimum Gasteiger partial charge on any atom is -0.465 e. The Kier molecular flexibility index (Phi) is 5.03. The molecule has 1 aliphatic rings. The van der Waals surface area contributed by atoms with Crippen LogP contribution in [0.5, 0.6) is 0 Å². The van der Waals surface area contributed by atoms with Crippen LogP contribution in [0, 0.1) is 5.41 Å². The Hall–Kier alpha value is -2.42. The summed E-state index contributed by atoms with van der Waals surface area (Å²) in [5, 5.41) is 0. The molecule has 0 saturated heterocycles. The summed E-state index contributed by atoms with van der Waals surface area (Å²) in [7, 11) is 0. The number of ether oxygens (including phenoxy) is 1. The highest BCUT2D eigenvalue weighted by Crippen LogP contribution is 2.50. The lowest BCUT2D eigenvalue weighted by Crippen LogP contribution is -2.47. The Morgan fingerprint density at radius 2 is 1.60 bits per heavy atom. The van der Waals surface area contributed by atoms with Gasteiger partial charge in [0, 0.05) is 12.3 Å². The zero-order valence-corrected chi connectivity index (χ0v) is 14.8. The standard InChI is InChI=1S/C22H24O3/c1-3-25-21(24)22(2)19(17-12-8-5-9-13-17)14-18(15-20(22)23)16-10-6-4-7-11-16/h4-13,18-19H,3,14-15H2,1-2H3/t18-,19+,22+/m0/s1. The van der Waals surface area contributed by atoms with Crippen LogP contribution in [-0.2, 0) is 14.3 Å². The molecular weight excluding hydrogens is 312 g/mol. The van der Waals surface area contributed by atoms with Crippen molar-refractivity contribution in [3.8, 4) is 0 Å². The summed E-state index contributed by atoms with van der Waals surface area (Å²) in [6.07, 6.45) is 1.14. The number of ketones is 1. The molecule has 0 radical (unpaired) electrons. The lowest BCUT2D eigenvalue weighted by atomic mass is 9.60. The van der Waals surface area contributed by atoms with E-state index in [1.807, 2.05) is 48.5 Å². The topological polar surface area (TPSA) is 43.4 Å². The molecule has 130 valence electrons. The molecule has 0 spiro atoms. The average Bonchev–Trinajstić information content (AvgIpc) is 2.65. The molecule has 3 atom stereocenters. The predicted molar refractivity (Wildman–Crippen MR) is 97.3 cm³/mol. The molecule has 3 nitrogen and oxygen atoms in total. The first-order valence-electron chi connectivity index (χ1n) is 8.87. The van der Waals surface area contributed by atoms with E-state index < -0.39 is 11.4 Å². The fourth-order valence-corrected chi connectivity index (χ4v) is 3.90. The molecular formula is C22H24O3. The van der Waals surface area contributed by atoms with Crippen LogP contribution in [0.2, 0.25) is 0 Å². The van der Waals surface area contributed by atoms with Crippen molar-refractivity contribution in [3.63, 3.8) is 0 Å². The minimum atomic E-state index is -1.12. The lowest BCUT2D eigenvalue weighted by Gasteiger charge is -2.41. The van der Waals surface area contributed by atoms with Crippen LogP contribution in [-0.4, -0.2) is 18.4 Å². The van der Waals surface area contributed by atoms with Crippen LogP contribution in [0.3, 0.4) is 0 Å². The SMILES string of the molecule is CCOC(=O)[C@@]1(C)C(=O)C[C@@H](c2ccccc2)C[C@@H]1c1ccccc1. The number of hydrogen-bond acceptors (Lipinski definition) is 3. The molecule has 0 bridgehead atoms. The number of rotatable bonds is 4. The van der Waals surface area contributed by atoms with Crippen molar-refractivity contribution in [2.75, 3.05) is 6.61 Å². The van der Waals surface area contributed by atoms with Gasteiger partial charge in [-0.1, -0.05) is 60.7 Å². The second-order valence-corrected chi connectivity index (χ2v) is 6.86. The molecule has 2 aromatic carbocycles. The van der Waals surface area contributed by atoms with Gasteiger partial charge in [0.1, 0.15) is 5.41 Å². The van der Waals surface area contributed by atoms with E-state index in [4.69, 9.17) is 4.74 Å². The van der Waals surface area contributed by atoms with Crippen LogP contribution in [0.25, 0.3) is 0 Å². The molecule has 0 amide bonds. The molecule has 0 aliphatic heterocycles. The Morgan fingerprint density at radius 3 is 2.16 bits per heavy atom. The molecule has 25 heavy (non-hydrogen) atoms. The summed E-state index contributed by atoms with van der Waals surface area (Å²) in [5.41, 5.74) is 1.05. The van der Waals surface area contributed by atoms with Gasteiger partial charge in [-0.15, -0.1) is 0 Å². The Bertz CT molecular complexity index is 738. The summed E-state index contributed by atoms with van der Waals surface area (Å²) in [6.45, 7) is 3.82. The first-order chi connectivity index (χ1) is 12.1. The molecule has 1 saturated carbocycles. The number of carbonyl (C=O) groups excluding carboxylic acids is 2. The van der Waals surface area contributed by atoms with Gasteiger partial charge < -0.3 is 4.74 Å². The van der Waals surface area contributed by atoms with Crippen LogP contribution in [0.1, 0.15) is 49.7 Å². The van der Waals surface area contributed by atoms with Gasteiger partial charge in [-0.3, -0.25) is 9.59 Å². The zero-order valence-electron chi connectivity index (χ0n) is 14.8. The van der Waals surface area contributed by atoms with E-state index in [0.717, 1.165) is 17.5 Å². The molecule has 0 unspecified atom stereocenters. The van der Waals surface area contributed by atoms with Crippen LogP contribution in [0.4, 0.5) is 0 Å². The van der Waals surface area contributed by atoms with Gasteiger partial charge in [0.15, 0.2) is 5.78 Å². The van der Waals surface area contributed by atoms with E-state index in [-0.39, 0.29) is 24.2 Å². The third-order valence-electron chi connectivity index (χ3n) is 5.40. The number of carbonyl (C=O) groups is 2. The van der Waals surface area contributed by atoms with E-state index in [1.54, 1.807) is 13.8 Å². The monoisotopic (exact) mass is 336 g/mol. The van der Waals surface area contributed by atoms with E-state index in [0.29, 0.717) is 6.42 Å². The first-order valence-corrected chi connectivity index (χ1v) is 8.87. The molecule has 0 heterocycles. The molecule has 1 fully saturated rings. The highest BCUT2D eigenvalue weighted by atomic mass is 16.5. The maximum atomic E-state index is 13.1. The Morgan fingerprint density at radius 1 is 1.04 bits per heavy atom. The highest BCUT2D eigenvalue weighted by Gasteiger charge is 2.53. The molecule has 2 aromatic rings. The van der Waals surface area contributed by atoms with Crippen molar-refractivity contribution in [1.82, 2.24) is 0 Å². The lowest BCUT2D eigenvalue weighted by molar-refractivity contribution is -0.162. The number of benzene rings is 2. The van der Waals surface area contributed by atoms with E-state index in [2.05, 4.69) is 12.1 Å². The first kappa shape index (κ1) is 17.4. The average molecular weight is 336 g/mol. The van der Waals surface area contributed by atoms with Crippen LogP contribution >= 0.6 is 0 Å². The molecule has 0 N–H and O–H groups in total. The summed E-state index contributed by atoms with van der Waals surface area (Å²) >= 11 is 0. The predicted octanol–water partition coefficient (Wildman–Crippen LogP) is 4.49. The maximum absolute atomic E-state index is 13.1. The zero-order chi connectivity index (χ0) is 17.9. The van der Waals surface area contributed by atoms with E-state index in [9.17, 15) is 9.59 Å². The van der Waals surface area contributed by atoms with Gasteiger partial charge in [-0.2, -0.15) is 0 Å². The summed E-state index contributed by atoms with van der Waals surface area (Å²) in [6, 6.07) is 20.0. The number of esters is 1. The van der Waals surface area contributed by atoms with Gasteiger partial charge in [-0.25, -0.2) is 0 Å². The summed E-state index contributed by atoms with van der Waals surface area (Å²) < 4.78 is 5.29. The molecule has 1 aliphatic carbocycles. The Labute approximate surface area is 149 Å². The van der Waals surface area contributed by atoms with E-state index >= 15 is 0 Å². The van der Waals surface area contributed by atoms with Crippen molar-refractivity contribution in [2.45, 2.75) is 38.5 Å². The molecule has 0 aromatic heterocycles. The van der Waals surface area contributed by atoms with Crippen molar-refractivity contribution in [1.29, 1.82) is 0 Å². The fraction of sp³-hybridized carbons (Fsp3) is 0.364.